The molecule has 0 spiro atoms. The second kappa shape index (κ2) is 5.70. The highest BCUT2D eigenvalue weighted by molar-refractivity contribution is 5.55. The number of fused-ring (bicyclic) bond motifs is 1. The van der Waals surface area contributed by atoms with E-state index in [0.717, 1.165) is 12.1 Å². The zero-order valence-corrected chi connectivity index (χ0v) is 12.1. The van der Waals surface area contributed by atoms with Crippen molar-refractivity contribution in [3.63, 3.8) is 0 Å². The average molecular weight is 318 g/mol. The number of hydrogen-bond acceptors (Lipinski definition) is 5. The van der Waals surface area contributed by atoms with Crippen molar-refractivity contribution in [2.45, 2.75) is 12.5 Å². The molecular weight excluding hydrogens is 306 g/mol. The van der Waals surface area contributed by atoms with Crippen LogP contribution < -0.4 is 10.5 Å². The summed E-state index contributed by atoms with van der Waals surface area (Å²) in [6.45, 7) is 0.185. The fraction of sp³-hybridized carbons (Fsp3) is 0.200. The molecule has 3 rings (SSSR count). The van der Waals surface area contributed by atoms with Crippen molar-refractivity contribution < 1.29 is 18.3 Å². The first kappa shape index (κ1) is 15.0. The van der Waals surface area contributed by atoms with Crippen LogP contribution in [0.1, 0.15) is 22.7 Å². The van der Waals surface area contributed by atoms with E-state index in [0.29, 0.717) is 16.8 Å². The number of nitrogens with two attached hydrogens (primary N) is 1. The van der Waals surface area contributed by atoms with Gasteiger partial charge in [-0.1, -0.05) is 6.07 Å². The van der Waals surface area contributed by atoms with Gasteiger partial charge in [0.15, 0.2) is 11.6 Å². The number of rotatable bonds is 3. The van der Waals surface area contributed by atoms with Crippen LogP contribution in [0.3, 0.4) is 0 Å². The number of nitriles is 1. The summed E-state index contributed by atoms with van der Waals surface area (Å²) in [7, 11) is 1.50. The average Bonchev–Trinajstić information content (AvgIpc) is 2.91. The van der Waals surface area contributed by atoms with Crippen LogP contribution in [0.5, 0.6) is 5.88 Å². The Labute approximate surface area is 130 Å². The smallest absolute Gasteiger partial charge is 0.244 e. The second-order valence-electron chi connectivity index (χ2n) is 4.95. The predicted molar refractivity (Wildman–Crippen MR) is 75.0 cm³/mol. The molecule has 0 bridgehead atoms. The van der Waals surface area contributed by atoms with Crippen molar-refractivity contribution in [2.24, 2.45) is 5.73 Å². The minimum Gasteiger partial charge on any atom is -0.420 e. The van der Waals surface area contributed by atoms with Gasteiger partial charge >= 0.3 is 0 Å². The van der Waals surface area contributed by atoms with Gasteiger partial charge in [0.05, 0.1) is 23.8 Å². The second-order valence-corrected chi connectivity index (χ2v) is 4.95. The maximum Gasteiger partial charge on any atom is 0.244 e. The number of methoxy groups -OCH3 is 1. The van der Waals surface area contributed by atoms with Crippen molar-refractivity contribution >= 4 is 0 Å². The number of nitrogens with one attached hydrogen (secondary N) is 1. The van der Waals surface area contributed by atoms with Gasteiger partial charge in [0.25, 0.3) is 0 Å². The number of allylic oxidation sites excluding steroid dienone is 1. The third-order valence-corrected chi connectivity index (χ3v) is 3.58. The van der Waals surface area contributed by atoms with Crippen molar-refractivity contribution in [1.82, 2.24) is 10.2 Å². The van der Waals surface area contributed by atoms with Crippen molar-refractivity contribution in [3.8, 4) is 11.9 Å². The van der Waals surface area contributed by atoms with E-state index >= 15 is 0 Å². The third-order valence-electron chi connectivity index (χ3n) is 3.58. The summed E-state index contributed by atoms with van der Waals surface area (Å²) in [5, 5.41) is 16.1. The van der Waals surface area contributed by atoms with E-state index in [-0.39, 0.29) is 23.9 Å². The summed E-state index contributed by atoms with van der Waals surface area (Å²) in [6, 6.07) is 5.39. The summed E-state index contributed by atoms with van der Waals surface area (Å²) in [5.41, 5.74) is 7.32. The van der Waals surface area contributed by atoms with Gasteiger partial charge < -0.3 is 15.2 Å². The minimum absolute atomic E-state index is 0.0993. The number of ether oxygens (including phenoxy) is 2. The van der Waals surface area contributed by atoms with Crippen LogP contribution in [0.2, 0.25) is 0 Å². The van der Waals surface area contributed by atoms with E-state index in [4.69, 9.17) is 15.2 Å². The van der Waals surface area contributed by atoms with Crippen molar-refractivity contribution in [3.05, 3.63) is 58.1 Å². The van der Waals surface area contributed by atoms with Crippen LogP contribution in [0, 0.1) is 23.0 Å². The SMILES string of the molecule is COCc1[nH]nc2c1[C@@H](c1ccc(F)c(F)c1)C(C#N)=C(N)O2. The lowest BCUT2D eigenvalue weighted by atomic mass is 9.84. The summed E-state index contributed by atoms with van der Waals surface area (Å²) in [4.78, 5) is 0. The molecule has 2 aromatic rings. The van der Waals surface area contributed by atoms with Gasteiger partial charge in [-0.05, 0) is 17.7 Å². The van der Waals surface area contributed by atoms with Gasteiger partial charge in [-0.2, -0.15) is 5.26 Å². The largest absolute Gasteiger partial charge is 0.420 e. The normalized spacial score (nSPS) is 16.7. The summed E-state index contributed by atoms with van der Waals surface area (Å²) >= 11 is 0. The summed E-state index contributed by atoms with van der Waals surface area (Å²) in [6.07, 6.45) is 0. The molecule has 0 amide bonds. The molecule has 0 unspecified atom stereocenters. The zero-order valence-electron chi connectivity index (χ0n) is 12.1. The molecule has 8 heteroatoms. The number of aromatic nitrogens is 2. The van der Waals surface area contributed by atoms with E-state index in [1.54, 1.807) is 0 Å². The Morgan fingerprint density at radius 3 is 2.87 bits per heavy atom. The lowest BCUT2D eigenvalue weighted by molar-refractivity contribution is 0.180. The number of halogens is 2. The standard InChI is InChI=1S/C15H12F2N4O2/c1-22-6-11-13-12(7-2-3-9(16)10(17)4-7)8(5-18)14(19)23-15(13)21-20-11/h2-4,12H,6,19H2,1H3,(H,20,21)/t12-/m0/s1. The fourth-order valence-electron chi connectivity index (χ4n) is 2.59. The molecule has 2 heterocycles. The number of nitrogens with zero attached hydrogens (tertiary/aromatic N) is 2. The molecule has 1 aromatic heterocycles. The van der Waals surface area contributed by atoms with Crippen LogP contribution >= 0.6 is 0 Å². The Morgan fingerprint density at radius 1 is 1.43 bits per heavy atom. The Bertz CT molecular complexity index is 838. The van der Waals surface area contributed by atoms with Crippen LogP contribution in [0.4, 0.5) is 8.78 Å². The van der Waals surface area contributed by atoms with Gasteiger partial charge in [0.2, 0.25) is 11.8 Å². The van der Waals surface area contributed by atoms with E-state index in [1.165, 1.54) is 13.2 Å². The van der Waals surface area contributed by atoms with Gasteiger partial charge in [-0.15, -0.1) is 5.10 Å². The van der Waals surface area contributed by atoms with E-state index < -0.39 is 17.6 Å². The Balaban J connectivity index is 2.21. The maximum absolute atomic E-state index is 13.6. The van der Waals surface area contributed by atoms with Crippen LogP contribution in [0.15, 0.2) is 29.7 Å². The van der Waals surface area contributed by atoms with Crippen molar-refractivity contribution in [2.75, 3.05) is 7.11 Å². The van der Waals surface area contributed by atoms with Crippen molar-refractivity contribution in [1.29, 1.82) is 5.26 Å². The van der Waals surface area contributed by atoms with E-state index in [2.05, 4.69) is 10.2 Å². The van der Waals surface area contributed by atoms with E-state index in [9.17, 15) is 14.0 Å². The highest BCUT2D eigenvalue weighted by Gasteiger charge is 2.35. The monoisotopic (exact) mass is 318 g/mol. The zero-order chi connectivity index (χ0) is 16.6. The Hall–Kier alpha value is -2.92. The van der Waals surface area contributed by atoms with Crippen LogP contribution in [-0.2, 0) is 11.3 Å². The molecule has 1 aliphatic rings. The first-order chi connectivity index (χ1) is 11.1. The Kier molecular flexibility index (Phi) is 3.72. The molecule has 0 saturated carbocycles. The molecule has 23 heavy (non-hydrogen) atoms. The van der Waals surface area contributed by atoms with Gasteiger partial charge in [0.1, 0.15) is 11.6 Å². The number of hydrogen-bond donors (Lipinski definition) is 2. The first-order valence-electron chi connectivity index (χ1n) is 6.65. The number of aromatic amines is 1. The molecule has 1 atom stereocenters. The van der Waals surface area contributed by atoms with Gasteiger partial charge in [-0.25, -0.2) is 8.78 Å². The highest BCUT2D eigenvalue weighted by Crippen LogP contribution is 2.43. The molecular formula is C15H12F2N4O2. The molecule has 3 N–H and O–H groups in total. The molecule has 0 saturated heterocycles. The van der Waals surface area contributed by atoms with Crippen LogP contribution in [-0.4, -0.2) is 17.3 Å². The minimum atomic E-state index is -1.01. The molecule has 6 nitrogen and oxygen atoms in total. The molecule has 0 fully saturated rings. The summed E-state index contributed by atoms with van der Waals surface area (Å²) in [5.74, 6) is -2.64. The molecule has 0 aliphatic carbocycles. The number of H-pyrrole nitrogens is 1. The Morgan fingerprint density at radius 2 is 2.22 bits per heavy atom. The highest BCUT2D eigenvalue weighted by atomic mass is 19.2. The lowest BCUT2D eigenvalue weighted by Gasteiger charge is -2.24. The topological polar surface area (TPSA) is 97.0 Å². The predicted octanol–water partition coefficient (Wildman–Crippen LogP) is 2.05. The quantitative estimate of drug-likeness (QED) is 0.903. The molecule has 118 valence electrons. The molecule has 0 radical (unpaired) electrons. The van der Waals surface area contributed by atoms with Crippen LogP contribution in [0.25, 0.3) is 0 Å². The van der Waals surface area contributed by atoms with E-state index in [1.807, 2.05) is 6.07 Å². The van der Waals surface area contributed by atoms with Gasteiger partial charge in [0, 0.05) is 7.11 Å². The lowest BCUT2D eigenvalue weighted by Crippen LogP contribution is -2.21. The molecule has 1 aliphatic heterocycles. The summed E-state index contributed by atoms with van der Waals surface area (Å²) < 4.78 is 37.3. The maximum atomic E-state index is 13.6. The number of benzene rings is 1. The fourth-order valence-corrected chi connectivity index (χ4v) is 2.59. The van der Waals surface area contributed by atoms with Gasteiger partial charge in [-0.3, -0.25) is 5.10 Å². The first-order valence-corrected chi connectivity index (χ1v) is 6.65. The third kappa shape index (κ3) is 2.41. The molecule has 1 aromatic carbocycles.